The Balaban J connectivity index is 3.47. The second-order valence-corrected chi connectivity index (χ2v) is 6.26. The summed E-state index contributed by atoms with van der Waals surface area (Å²) in [6, 6.07) is 1.76. The second kappa shape index (κ2) is 6.19. The first-order chi connectivity index (χ1) is 9.57. The van der Waals surface area contributed by atoms with Gasteiger partial charge in [-0.05, 0) is 26.3 Å². The Bertz CT molecular complexity index is 684. The fraction of sp³-hybridized carbons (Fsp3) is 0.417. The topological polar surface area (TPSA) is 132 Å². The Labute approximate surface area is 122 Å². The van der Waals surface area contributed by atoms with Gasteiger partial charge in [0.1, 0.15) is 0 Å². The summed E-state index contributed by atoms with van der Waals surface area (Å²) in [7, 11) is -4.15. The van der Waals surface area contributed by atoms with Crippen LogP contribution in [0.3, 0.4) is 0 Å². The van der Waals surface area contributed by atoms with Crippen molar-refractivity contribution in [2.45, 2.75) is 38.1 Å². The van der Waals surface area contributed by atoms with Crippen LogP contribution in [-0.4, -0.2) is 25.3 Å². The van der Waals surface area contributed by atoms with Crippen molar-refractivity contribution in [3.05, 3.63) is 33.4 Å². The lowest BCUT2D eigenvalue weighted by Gasteiger charge is -2.13. The highest BCUT2D eigenvalue weighted by Crippen LogP contribution is 2.26. The summed E-state index contributed by atoms with van der Waals surface area (Å²) in [5.41, 5.74) is -0.447. The number of carbonyl (C=O) groups excluding carboxylic acids is 1. The minimum atomic E-state index is -4.15. The zero-order valence-corrected chi connectivity index (χ0v) is 12.7. The lowest BCUT2D eigenvalue weighted by Crippen LogP contribution is -2.32. The molecule has 0 spiro atoms. The van der Waals surface area contributed by atoms with Crippen LogP contribution >= 0.6 is 0 Å². The Hall–Kier alpha value is -2.00. The fourth-order valence-corrected chi connectivity index (χ4v) is 2.22. The van der Waals surface area contributed by atoms with Crippen molar-refractivity contribution in [3.63, 3.8) is 0 Å². The summed E-state index contributed by atoms with van der Waals surface area (Å²) in [5, 5.41) is 18.6. The molecule has 0 fully saturated rings. The first-order valence-corrected chi connectivity index (χ1v) is 7.75. The number of nitrogens with zero attached hydrogens (tertiary/aromatic N) is 1. The van der Waals surface area contributed by atoms with Crippen LogP contribution in [-0.2, 0) is 10.0 Å². The van der Waals surface area contributed by atoms with Crippen LogP contribution in [0.4, 0.5) is 5.69 Å². The van der Waals surface area contributed by atoms with Crippen LogP contribution in [0.2, 0.25) is 0 Å². The molecule has 21 heavy (non-hydrogen) atoms. The molecular formula is C12H17N3O5S. The molecule has 1 aromatic carbocycles. The molecule has 116 valence electrons. The predicted octanol–water partition coefficient (Wildman–Crippen LogP) is 1.08. The van der Waals surface area contributed by atoms with E-state index in [4.69, 9.17) is 5.14 Å². The summed E-state index contributed by atoms with van der Waals surface area (Å²) < 4.78 is 22.8. The number of nitro groups is 1. The molecule has 9 heteroatoms. The van der Waals surface area contributed by atoms with E-state index in [0.717, 1.165) is 12.1 Å². The molecule has 1 atom stereocenters. The maximum absolute atomic E-state index is 12.1. The van der Waals surface area contributed by atoms with Crippen LogP contribution in [0.25, 0.3) is 0 Å². The van der Waals surface area contributed by atoms with Gasteiger partial charge in [0.15, 0.2) is 0 Å². The van der Waals surface area contributed by atoms with Crippen molar-refractivity contribution in [1.82, 2.24) is 5.32 Å². The highest BCUT2D eigenvalue weighted by atomic mass is 32.2. The van der Waals surface area contributed by atoms with Gasteiger partial charge in [-0.1, -0.05) is 6.92 Å². The predicted molar refractivity (Wildman–Crippen MR) is 76.4 cm³/mol. The monoisotopic (exact) mass is 315 g/mol. The zero-order chi connectivity index (χ0) is 16.4. The molecule has 8 nitrogen and oxygen atoms in total. The molecule has 0 saturated heterocycles. The first-order valence-electron chi connectivity index (χ1n) is 6.20. The van der Waals surface area contributed by atoms with Crippen molar-refractivity contribution >= 4 is 21.6 Å². The van der Waals surface area contributed by atoms with Crippen LogP contribution in [0, 0.1) is 17.0 Å². The lowest BCUT2D eigenvalue weighted by atomic mass is 10.1. The van der Waals surface area contributed by atoms with Gasteiger partial charge >= 0.3 is 0 Å². The molecule has 0 aliphatic carbocycles. The van der Waals surface area contributed by atoms with Crippen LogP contribution < -0.4 is 10.5 Å². The maximum atomic E-state index is 12.1. The molecule has 1 rings (SSSR count). The summed E-state index contributed by atoms with van der Waals surface area (Å²) in [6.45, 7) is 5.02. The Morgan fingerprint density at radius 2 is 2.05 bits per heavy atom. The van der Waals surface area contributed by atoms with Gasteiger partial charge in [-0.2, -0.15) is 0 Å². The summed E-state index contributed by atoms with van der Waals surface area (Å²) in [5.74, 6) is -0.574. The number of rotatable bonds is 5. The van der Waals surface area contributed by atoms with Crippen LogP contribution in [0.15, 0.2) is 17.0 Å². The second-order valence-electron chi connectivity index (χ2n) is 4.70. The number of hydrogen-bond acceptors (Lipinski definition) is 5. The molecule has 1 unspecified atom stereocenters. The number of amides is 1. The molecule has 0 aliphatic rings. The molecule has 3 N–H and O–H groups in total. The van der Waals surface area contributed by atoms with E-state index in [1.54, 1.807) is 6.92 Å². The number of primary sulfonamides is 1. The van der Waals surface area contributed by atoms with E-state index in [-0.39, 0.29) is 17.2 Å². The third-order valence-corrected chi connectivity index (χ3v) is 4.01. The van der Waals surface area contributed by atoms with Gasteiger partial charge in [-0.25, -0.2) is 13.6 Å². The van der Waals surface area contributed by atoms with Gasteiger partial charge in [0, 0.05) is 17.7 Å². The van der Waals surface area contributed by atoms with E-state index in [1.807, 2.05) is 6.92 Å². The van der Waals surface area contributed by atoms with Crippen LogP contribution in [0.5, 0.6) is 0 Å². The number of sulfonamides is 1. The molecule has 0 aliphatic heterocycles. The van der Waals surface area contributed by atoms with E-state index >= 15 is 0 Å². The van der Waals surface area contributed by atoms with Gasteiger partial charge in [0.25, 0.3) is 11.6 Å². The zero-order valence-electron chi connectivity index (χ0n) is 11.9. The largest absolute Gasteiger partial charge is 0.350 e. The van der Waals surface area contributed by atoms with Crippen molar-refractivity contribution in [2.24, 2.45) is 5.14 Å². The number of benzene rings is 1. The molecule has 0 saturated carbocycles. The normalized spacial score (nSPS) is 12.8. The number of hydrogen-bond donors (Lipinski definition) is 2. The standard InChI is InChI=1S/C12H17N3O5S/c1-4-7(2)14-12(16)10-5-9(21(13,19)20)6-11(8(10)3)15(17)18/h5-7H,4H2,1-3H3,(H,14,16)(H2,13,19,20). The van der Waals surface area contributed by atoms with E-state index in [9.17, 15) is 23.3 Å². The molecular weight excluding hydrogens is 298 g/mol. The van der Waals surface area contributed by atoms with Crippen molar-refractivity contribution in [1.29, 1.82) is 0 Å². The third kappa shape index (κ3) is 3.99. The number of carbonyl (C=O) groups is 1. The highest BCUT2D eigenvalue weighted by Gasteiger charge is 2.24. The Morgan fingerprint density at radius 1 is 1.48 bits per heavy atom. The smallest absolute Gasteiger partial charge is 0.274 e. The van der Waals surface area contributed by atoms with E-state index in [1.165, 1.54) is 6.92 Å². The fourth-order valence-electron chi connectivity index (χ4n) is 1.67. The quantitative estimate of drug-likeness (QED) is 0.619. The molecule has 0 heterocycles. The van der Waals surface area contributed by atoms with Gasteiger partial charge in [0.05, 0.1) is 15.4 Å². The van der Waals surface area contributed by atoms with Gasteiger partial charge in [0.2, 0.25) is 10.0 Å². The van der Waals surface area contributed by atoms with Crippen LogP contribution in [0.1, 0.15) is 36.2 Å². The average Bonchev–Trinajstić information content (AvgIpc) is 2.36. The van der Waals surface area contributed by atoms with Gasteiger partial charge in [-0.15, -0.1) is 0 Å². The minimum Gasteiger partial charge on any atom is -0.350 e. The van der Waals surface area contributed by atoms with Gasteiger partial charge in [-0.3, -0.25) is 14.9 Å². The minimum absolute atomic E-state index is 0.0754. The highest BCUT2D eigenvalue weighted by molar-refractivity contribution is 7.89. The van der Waals surface area contributed by atoms with Gasteiger partial charge < -0.3 is 5.32 Å². The van der Waals surface area contributed by atoms with E-state index < -0.39 is 31.4 Å². The maximum Gasteiger partial charge on any atom is 0.274 e. The molecule has 0 bridgehead atoms. The van der Waals surface area contributed by atoms with Crippen molar-refractivity contribution in [3.8, 4) is 0 Å². The molecule has 1 amide bonds. The van der Waals surface area contributed by atoms with Crippen molar-refractivity contribution < 1.29 is 18.1 Å². The molecule has 0 aromatic heterocycles. The average molecular weight is 315 g/mol. The molecule has 0 radical (unpaired) electrons. The SMILES string of the molecule is CCC(C)NC(=O)c1cc(S(N)(=O)=O)cc([N+](=O)[O-])c1C. The van der Waals surface area contributed by atoms with E-state index in [0.29, 0.717) is 6.42 Å². The van der Waals surface area contributed by atoms with Crippen molar-refractivity contribution in [2.75, 3.05) is 0 Å². The number of nitrogens with one attached hydrogen (secondary N) is 1. The summed E-state index contributed by atoms with van der Waals surface area (Å²) in [6.07, 6.45) is 0.668. The number of nitrogens with two attached hydrogens (primary N) is 1. The summed E-state index contributed by atoms with van der Waals surface area (Å²) >= 11 is 0. The Kier molecular flexibility index (Phi) is 5.02. The first kappa shape index (κ1) is 17.1. The summed E-state index contributed by atoms with van der Waals surface area (Å²) in [4.78, 5) is 21.9. The number of nitro benzene ring substituents is 1. The third-order valence-electron chi connectivity index (χ3n) is 3.11. The Morgan fingerprint density at radius 3 is 2.48 bits per heavy atom. The molecule has 1 aromatic rings. The lowest BCUT2D eigenvalue weighted by molar-refractivity contribution is -0.385. The van der Waals surface area contributed by atoms with E-state index in [2.05, 4.69) is 5.32 Å².